The number of rotatable bonds is 2. The Kier molecular flexibility index (Phi) is 2.69. The number of aromatic nitrogens is 2. The zero-order valence-electron chi connectivity index (χ0n) is 9.94. The quantitative estimate of drug-likeness (QED) is 0.783. The number of imidazole rings is 1. The fourth-order valence-electron chi connectivity index (χ4n) is 1.73. The van der Waals surface area contributed by atoms with Crippen LogP contribution < -0.4 is 5.73 Å². The molecule has 0 aliphatic rings. The third-order valence-electron chi connectivity index (χ3n) is 2.80. The van der Waals surface area contributed by atoms with Gasteiger partial charge >= 0.3 is 0 Å². The van der Waals surface area contributed by atoms with Crippen molar-refractivity contribution < 1.29 is 0 Å². The van der Waals surface area contributed by atoms with Crippen LogP contribution in [0.3, 0.4) is 0 Å². The molecular weight excluding hydrogens is 198 g/mol. The Labute approximate surface area is 95.9 Å². The number of nitrogens with zero attached hydrogens (tertiary/aromatic N) is 2. The molecule has 84 valence electrons. The van der Waals surface area contributed by atoms with Gasteiger partial charge in [-0.2, -0.15) is 0 Å². The first-order chi connectivity index (χ1) is 7.59. The van der Waals surface area contributed by atoms with Gasteiger partial charge in [0, 0.05) is 23.3 Å². The Bertz CT molecular complexity index is 498. The third kappa shape index (κ3) is 1.81. The lowest BCUT2D eigenvalue weighted by Gasteiger charge is -2.12. The van der Waals surface area contributed by atoms with E-state index in [9.17, 15) is 0 Å². The van der Waals surface area contributed by atoms with E-state index in [0.29, 0.717) is 5.92 Å². The first-order valence-electron chi connectivity index (χ1n) is 5.48. The predicted octanol–water partition coefficient (Wildman–Crippen LogP) is 2.89. The summed E-state index contributed by atoms with van der Waals surface area (Å²) in [7, 11) is 0. The van der Waals surface area contributed by atoms with Gasteiger partial charge in [0.15, 0.2) is 0 Å². The summed E-state index contributed by atoms with van der Waals surface area (Å²) in [6, 6.07) is 6.09. The Morgan fingerprint density at radius 1 is 1.31 bits per heavy atom. The minimum absolute atomic E-state index is 0.449. The first-order valence-corrected chi connectivity index (χ1v) is 5.48. The second kappa shape index (κ2) is 4.00. The van der Waals surface area contributed by atoms with Gasteiger partial charge in [0.25, 0.3) is 0 Å². The zero-order chi connectivity index (χ0) is 11.7. The van der Waals surface area contributed by atoms with Gasteiger partial charge in [-0.15, -0.1) is 0 Å². The molecule has 0 amide bonds. The highest BCUT2D eigenvalue weighted by Gasteiger charge is 2.08. The normalized spacial score (nSPS) is 11.0. The maximum Gasteiger partial charge on any atom is 0.0994 e. The molecule has 0 unspecified atom stereocenters. The van der Waals surface area contributed by atoms with E-state index in [1.54, 1.807) is 0 Å². The van der Waals surface area contributed by atoms with Crippen LogP contribution in [0, 0.1) is 6.92 Å². The largest absolute Gasteiger partial charge is 0.398 e. The van der Waals surface area contributed by atoms with Crippen molar-refractivity contribution in [3.05, 3.63) is 42.0 Å². The zero-order valence-corrected chi connectivity index (χ0v) is 9.94. The van der Waals surface area contributed by atoms with Crippen LogP contribution >= 0.6 is 0 Å². The van der Waals surface area contributed by atoms with Crippen molar-refractivity contribution >= 4 is 5.69 Å². The molecule has 0 saturated carbocycles. The van der Waals surface area contributed by atoms with Gasteiger partial charge in [-0.1, -0.05) is 19.9 Å². The number of benzene rings is 1. The number of nitrogen functional groups attached to an aromatic ring is 1. The van der Waals surface area contributed by atoms with Crippen molar-refractivity contribution in [1.29, 1.82) is 0 Å². The van der Waals surface area contributed by atoms with Crippen molar-refractivity contribution in [2.75, 3.05) is 5.73 Å². The Morgan fingerprint density at radius 3 is 2.69 bits per heavy atom. The topological polar surface area (TPSA) is 43.8 Å². The maximum absolute atomic E-state index is 5.92. The minimum atomic E-state index is 0.449. The molecule has 0 saturated heterocycles. The van der Waals surface area contributed by atoms with Crippen LogP contribution in [0.1, 0.15) is 31.0 Å². The highest BCUT2D eigenvalue weighted by atomic mass is 15.1. The number of aryl methyl sites for hydroxylation is 1. The lowest BCUT2D eigenvalue weighted by atomic mass is 10.1. The Hall–Kier alpha value is -1.77. The van der Waals surface area contributed by atoms with Crippen LogP contribution in [0.25, 0.3) is 5.69 Å². The second-order valence-electron chi connectivity index (χ2n) is 4.38. The predicted molar refractivity (Wildman–Crippen MR) is 66.8 cm³/mol. The second-order valence-corrected chi connectivity index (χ2v) is 4.38. The molecule has 3 heteroatoms. The van der Waals surface area contributed by atoms with Gasteiger partial charge in [-0.3, -0.25) is 0 Å². The standard InChI is InChI=1S/C13H17N3/c1-9(2)13-7-15-8-16(13)11-5-4-10(3)12(14)6-11/h4-9H,14H2,1-3H3. The van der Waals surface area contributed by atoms with Gasteiger partial charge in [-0.05, 0) is 30.5 Å². The Morgan fingerprint density at radius 2 is 2.06 bits per heavy atom. The molecule has 0 bridgehead atoms. The molecule has 3 nitrogen and oxygen atoms in total. The summed E-state index contributed by atoms with van der Waals surface area (Å²) in [6.45, 7) is 6.33. The number of hydrogen-bond donors (Lipinski definition) is 1. The van der Waals surface area contributed by atoms with Crippen LogP contribution in [0.2, 0.25) is 0 Å². The van der Waals surface area contributed by atoms with Gasteiger partial charge < -0.3 is 10.3 Å². The van der Waals surface area contributed by atoms with Crippen molar-refractivity contribution in [2.45, 2.75) is 26.7 Å². The number of nitrogens with two attached hydrogens (primary N) is 1. The highest BCUT2D eigenvalue weighted by molar-refractivity contribution is 5.53. The van der Waals surface area contributed by atoms with Crippen LogP contribution in [-0.4, -0.2) is 9.55 Å². The summed E-state index contributed by atoms with van der Waals surface area (Å²) >= 11 is 0. The molecule has 16 heavy (non-hydrogen) atoms. The van der Waals surface area contributed by atoms with E-state index in [4.69, 9.17) is 5.73 Å². The molecule has 2 rings (SSSR count). The fourth-order valence-corrected chi connectivity index (χ4v) is 1.73. The summed E-state index contributed by atoms with van der Waals surface area (Å²) in [5.74, 6) is 0.449. The molecule has 1 heterocycles. The van der Waals surface area contributed by atoms with E-state index in [1.165, 1.54) is 5.69 Å². The molecule has 0 spiro atoms. The average molecular weight is 215 g/mol. The van der Waals surface area contributed by atoms with E-state index in [0.717, 1.165) is 16.9 Å². The third-order valence-corrected chi connectivity index (χ3v) is 2.80. The SMILES string of the molecule is Cc1ccc(-n2cncc2C(C)C)cc1N. The molecule has 2 aromatic rings. The van der Waals surface area contributed by atoms with Gasteiger partial charge in [0.05, 0.1) is 6.33 Å². The maximum atomic E-state index is 5.92. The number of anilines is 1. The lowest BCUT2D eigenvalue weighted by Crippen LogP contribution is -2.01. The first kappa shape index (κ1) is 10.7. The van der Waals surface area contributed by atoms with Crippen molar-refractivity contribution in [2.24, 2.45) is 0 Å². The fraction of sp³-hybridized carbons (Fsp3) is 0.308. The van der Waals surface area contributed by atoms with Crippen molar-refractivity contribution in [1.82, 2.24) is 9.55 Å². The molecule has 0 radical (unpaired) electrons. The molecule has 0 aliphatic heterocycles. The van der Waals surface area contributed by atoms with Crippen LogP contribution in [0.4, 0.5) is 5.69 Å². The van der Waals surface area contributed by atoms with E-state index in [1.807, 2.05) is 31.6 Å². The van der Waals surface area contributed by atoms with Crippen LogP contribution in [0.15, 0.2) is 30.7 Å². The molecular formula is C13H17N3. The molecule has 1 aromatic carbocycles. The van der Waals surface area contributed by atoms with Crippen LogP contribution in [-0.2, 0) is 0 Å². The van der Waals surface area contributed by atoms with E-state index in [-0.39, 0.29) is 0 Å². The average Bonchev–Trinajstić information content (AvgIpc) is 2.71. The van der Waals surface area contributed by atoms with E-state index in [2.05, 4.69) is 29.5 Å². The van der Waals surface area contributed by atoms with E-state index < -0.39 is 0 Å². The number of hydrogen-bond acceptors (Lipinski definition) is 2. The summed E-state index contributed by atoms with van der Waals surface area (Å²) < 4.78 is 2.08. The molecule has 1 aromatic heterocycles. The summed E-state index contributed by atoms with van der Waals surface area (Å²) in [4.78, 5) is 4.19. The van der Waals surface area contributed by atoms with Gasteiger partial charge in [0.2, 0.25) is 0 Å². The van der Waals surface area contributed by atoms with Crippen molar-refractivity contribution in [3.63, 3.8) is 0 Å². The minimum Gasteiger partial charge on any atom is -0.398 e. The Balaban J connectivity index is 2.50. The molecule has 0 aliphatic carbocycles. The molecule has 2 N–H and O–H groups in total. The smallest absolute Gasteiger partial charge is 0.0994 e. The highest BCUT2D eigenvalue weighted by Crippen LogP contribution is 2.21. The summed E-state index contributed by atoms with van der Waals surface area (Å²) in [6.07, 6.45) is 3.74. The summed E-state index contributed by atoms with van der Waals surface area (Å²) in [5, 5.41) is 0. The lowest BCUT2D eigenvalue weighted by molar-refractivity contribution is 0.787. The van der Waals surface area contributed by atoms with Gasteiger partial charge in [-0.25, -0.2) is 4.98 Å². The molecule has 0 atom stereocenters. The van der Waals surface area contributed by atoms with Crippen molar-refractivity contribution in [3.8, 4) is 5.69 Å². The van der Waals surface area contributed by atoms with E-state index >= 15 is 0 Å². The van der Waals surface area contributed by atoms with Gasteiger partial charge in [0.1, 0.15) is 0 Å². The molecule has 0 fully saturated rings. The summed E-state index contributed by atoms with van der Waals surface area (Å²) in [5.41, 5.74) is 10.1. The monoisotopic (exact) mass is 215 g/mol. The van der Waals surface area contributed by atoms with Crippen LogP contribution in [0.5, 0.6) is 0 Å².